The minimum atomic E-state index is -0.352. The molecule has 6 heteroatoms. The maximum atomic E-state index is 12.6. The molecule has 2 heterocycles. The highest BCUT2D eigenvalue weighted by atomic mass is 16.2. The van der Waals surface area contributed by atoms with E-state index in [-0.39, 0.29) is 5.91 Å². The largest absolute Gasteiger partial charge is 0.310 e. The van der Waals surface area contributed by atoms with Gasteiger partial charge in [-0.2, -0.15) is 0 Å². The molecular weight excluding hydrogens is 326 g/mol. The first kappa shape index (κ1) is 16.4. The van der Waals surface area contributed by atoms with Gasteiger partial charge in [-0.3, -0.25) is 14.6 Å². The van der Waals surface area contributed by atoms with Crippen LogP contribution in [0.1, 0.15) is 30.3 Å². The van der Waals surface area contributed by atoms with E-state index in [2.05, 4.69) is 23.0 Å². The lowest BCUT2D eigenvalue weighted by molar-refractivity contribution is 0.0949. The number of hydrogen-bond donors (Lipinski definition) is 2. The first-order chi connectivity index (χ1) is 12.8. The smallest absolute Gasteiger partial charge is 0.284 e. The normalized spacial score (nSPS) is 11.3. The second-order valence-corrected chi connectivity index (χ2v) is 6.28. The summed E-state index contributed by atoms with van der Waals surface area (Å²) in [4.78, 5) is 17.5. The first-order valence-electron chi connectivity index (χ1n) is 8.82. The number of benzene rings is 2. The molecule has 0 radical (unpaired) electrons. The molecular formula is C20H21N5O. The summed E-state index contributed by atoms with van der Waals surface area (Å²) >= 11 is 0. The van der Waals surface area contributed by atoms with Gasteiger partial charge in [0, 0.05) is 12.1 Å². The SMILES string of the molecule is CCCCn1c2ccccc2n2c(C(=O)NN)c(-c3ccccc3)nc12. The average molecular weight is 347 g/mol. The average Bonchev–Trinajstić information content (AvgIpc) is 3.22. The van der Waals surface area contributed by atoms with Gasteiger partial charge in [-0.25, -0.2) is 10.8 Å². The number of nitrogens with one attached hydrogen (secondary N) is 1. The van der Waals surface area contributed by atoms with Crippen molar-refractivity contribution in [2.45, 2.75) is 26.3 Å². The fourth-order valence-electron chi connectivity index (χ4n) is 3.42. The number of imidazole rings is 2. The van der Waals surface area contributed by atoms with E-state index in [0.29, 0.717) is 11.4 Å². The van der Waals surface area contributed by atoms with Crippen molar-refractivity contribution in [3.8, 4) is 11.3 Å². The maximum absolute atomic E-state index is 12.6. The molecule has 0 spiro atoms. The van der Waals surface area contributed by atoms with Crippen LogP contribution in [-0.4, -0.2) is 19.9 Å². The van der Waals surface area contributed by atoms with Gasteiger partial charge >= 0.3 is 0 Å². The number of amides is 1. The van der Waals surface area contributed by atoms with Crippen LogP contribution in [0.4, 0.5) is 0 Å². The van der Waals surface area contributed by atoms with Crippen molar-refractivity contribution in [2.75, 3.05) is 0 Å². The van der Waals surface area contributed by atoms with Crippen molar-refractivity contribution in [1.82, 2.24) is 19.4 Å². The molecule has 2 aromatic carbocycles. The Bertz CT molecular complexity index is 1080. The van der Waals surface area contributed by atoms with Gasteiger partial charge in [-0.1, -0.05) is 55.8 Å². The van der Waals surface area contributed by atoms with Crippen LogP contribution >= 0.6 is 0 Å². The van der Waals surface area contributed by atoms with Crippen LogP contribution < -0.4 is 11.3 Å². The molecule has 0 saturated carbocycles. The zero-order valence-electron chi connectivity index (χ0n) is 14.6. The zero-order valence-corrected chi connectivity index (χ0v) is 14.6. The van der Waals surface area contributed by atoms with Crippen molar-refractivity contribution in [1.29, 1.82) is 0 Å². The van der Waals surface area contributed by atoms with Crippen molar-refractivity contribution in [3.05, 3.63) is 60.3 Å². The number of carbonyl (C=O) groups excluding carboxylic acids is 1. The van der Waals surface area contributed by atoms with Crippen molar-refractivity contribution in [2.24, 2.45) is 5.84 Å². The summed E-state index contributed by atoms with van der Waals surface area (Å²) in [6.07, 6.45) is 2.13. The monoisotopic (exact) mass is 347 g/mol. The van der Waals surface area contributed by atoms with E-state index in [0.717, 1.165) is 41.8 Å². The summed E-state index contributed by atoms with van der Waals surface area (Å²) in [6.45, 7) is 3.01. The minimum Gasteiger partial charge on any atom is -0.310 e. The Kier molecular flexibility index (Phi) is 4.18. The van der Waals surface area contributed by atoms with Gasteiger partial charge < -0.3 is 4.57 Å². The number of para-hydroxylation sites is 2. The van der Waals surface area contributed by atoms with Crippen LogP contribution in [0.15, 0.2) is 54.6 Å². The molecule has 0 aliphatic rings. The summed E-state index contributed by atoms with van der Waals surface area (Å²) in [5.41, 5.74) is 6.28. The fourth-order valence-corrected chi connectivity index (χ4v) is 3.42. The van der Waals surface area contributed by atoms with Crippen LogP contribution in [0.25, 0.3) is 28.1 Å². The molecule has 0 aliphatic heterocycles. The summed E-state index contributed by atoms with van der Waals surface area (Å²) in [7, 11) is 0. The summed E-state index contributed by atoms with van der Waals surface area (Å²) < 4.78 is 4.09. The molecule has 0 atom stereocenters. The zero-order chi connectivity index (χ0) is 18.1. The van der Waals surface area contributed by atoms with Gasteiger partial charge in [0.15, 0.2) is 0 Å². The number of carbonyl (C=O) groups is 1. The molecule has 2 aromatic heterocycles. The lowest BCUT2D eigenvalue weighted by Crippen LogP contribution is -2.31. The molecule has 0 unspecified atom stereocenters. The van der Waals surface area contributed by atoms with E-state index in [1.54, 1.807) is 0 Å². The number of nitrogens with zero attached hydrogens (tertiary/aromatic N) is 3. The summed E-state index contributed by atoms with van der Waals surface area (Å²) in [5.74, 6) is 5.89. The molecule has 4 aromatic rings. The Morgan fingerprint density at radius 2 is 1.77 bits per heavy atom. The Hall–Kier alpha value is -3.12. The molecule has 1 amide bonds. The Morgan fingerprint density at radius 1 is 1.08 bits per heavy atom. The van der Waals surface area contributed by atoms with E-state index < -0.39 is 0 Å². The lowest BCUT2D eigenvalue weighted by Gasteiger charge is -2.04. The van der Waals surface area contributed by atoms with Crippen LogP contribution in [0.3, 0.4) is 0 Å². The van der Waals surface area contributed by atoms with Crippen molar-refractivity contribution >= 4 is 22.7 Å². The molecule has 26 heavy (non-hydrogen) atoms. The molecule has 0 bridgehead atoms. The standard InChI is InChI=1S/C20H21N5O/c1-2-3-13-24-15-11-7-8-12-16(15)25-18(19(26)23-21)17(22-20(24)25)14-9-5-4-6-10-14/h4-12H,2-3,13,21H2,1H3,(H,23,26). The summed E-state index contributed by atoms with van der Waals surface area (Å²) in [5, 5.41) is 0. The predicted molar refractivity (Wildman–Crippen MR) is 103 cm³/mol. The molecule has 6 nitrogen and oxygen atoms in total. The van der Waals surface area contributed by atoms with Gasteiger partial charge in [-0.15, -0.1) is 0 Å². The second-order valence-electron chi connectivity index (χ2n) is 6.28. The number of hydrazine groups is 1. The number of rotatable bonds is 5. The Labute approximate surface area is 151 Å². The number of aromatic nitrogens is 3. The van der Waals surface area contributed by atoms with Gasteiger partial charge in [-0.05, 0) is 18.6 Å². The van der Waals surface area contributed by atoms with Crippen LogP contribution in [0.2, 0.25) is 0 Å². The summed E-state index contributed by atoms with van der Waals surface area (Å²) in [6, 6.07) is 17.8. The number of nitrogens with two attached hydrogens (primary N) is 1. The van der Waals surface area contributed by atoms with Crippen molar-refractivity contribution in [3.63, 3.8) is 0 Å². The number of aryl methyl sites for hydroxylation is 1. The highest BCUT2D eigenvalue weighted by Gasteiger charge is 2.24. The number of hydrogen-bond acceptors (Lipinski definition) is 3. The topological polar surface area (TPSA) is 77.3 Å². The van der Waals surface area contributed by atoms with E-state index in [1.807, 2.05) is 52.9 Å². The lowest BCUT2D eigenvalue weighted by atomic mass is 10.1. The van der Waals surface area contributed by atoms with Gasteiger partial charge in [0.1, 0.15) is 11.4 Å². The van der Waals surface area contributed by atoms with Gasteiger partial charge in [0.05, 0.1) is 11.0 Å². The predicted octanol–water partition coefficient (Wildman–Crippen LogP) is 3.36. The van der Waals surface area contributed by atoms with E-state index in [1.165, 1.54) is 0 Å². The van der Waals surface area contributed by atoms with Crippen LogP contribution in [-0.2, 0) is 6.54 Å². The Balaban J connectivity index is 2.09. The van der Waals surface area contributed by atoms with Crippen LogP contribution in [0, 0.1) is 0 Å². The fraction of sp³-hybridized carbons (Fsp3) is 0.200. The van der Waals surface area contributed by atoms with E-state index in [4.69, 9.17) is 10.8 Å². The quantitative estimate of drug-likeness (QED) is 0.330. The van der Waals surface area contributed by atoms with Crippen molar-refractivity contribution < 1.29 is 4.79 Å². The molecule has 4 rings (SSSR count). The van der Waals surface area contributed by atoms with Gasteiger partial charge in [0.25, 0.3) is 5.91 Å². The molecule has 0 saturated heterocycles. The third-order valence-electron chi connectivity index (χ3n) is 4.64. The number of nitrogen functional groups attached to an aromatic ring is 1. The van der Waals surface area contributed by atoms with E-state index in [9.17, 15) is 4.79 Å². The highest BCUT2D eigenvalue weighted by molar-refractivity contribution is 6.01. The molecule has 0 fully saturated rings. The van der Waals surface area contributed by atoms with E-state index >= 15 is 0 Å². The molecule has 132 valence electrons. The van der Waals surface area contributed by atoms with Crippen LogP contribution in [0.5, 0.6) is 0 Å². The molecule has 0 aliphatic carbocycles. The maximum Gasteiger partial charge on any atom is 0.284 e. The highest BCUT2D eigenvalue weighted by Crippen LogP contribution is 2.30. The third kappa shape index (κ3) is 2.46. The third-order valence-corrected chi connectivity index (χ3v) is 4.64. The number of fused-ring (bicyclic) bond motifs is 3. The Morgan fingerprint density at radius 3 is 2.46 bits per heavy atom. The number of unbranched alkanes of at least 4 members (excludes halogenated alkanes) is 1. The van der Waals surface area contributed by atoms with Gasteiger partial charge in [0.2, 0.25) is 5.78 Å². The molecule has 3 N–H and O–H groups in total. The second kappa shape index (κ2) is 6.65. The first-order valence-corrected chi connectivity index (χ1v) is 8.82. The minimum absolute atomic E-state index is 0.352.